The molecule has 2 atom stereocenters. The molecule has 5 heteroatoms. The molecule has 3 amide bonds. The van der Waals surface area contributed by atoms with E-state index in [2.05, 4.69) is 0 Å². The fraction of sp³-hybridized carbons (Fsp3) is 0.467. The fourth-order valence-electron chi connectivity index (χ4n) is 3.26. The molecule has 0 radical (unpaired) electrons. The monoisotopic (exact) mass is 276 g/mol. The highest BCUT2D eigenvalue weighted by molar-refractivity contribution is 6.02. The lowest BCUT2D eigenvalue weighted by molar-refractivity contribution is -0.127. The third kappa shape index (κ3) is 1.80. The lowest BCUT2D eigenvalue weighted by atomic mass is 9.79. The molecule has 1 saturated heterocycles. The number of likely N-dealkylation sites (N-methyl/N-ethyl adjacent to an activating group) is 1. The third-order valence-electron chi connectivity index (χ3n) is 4.31. The average molecular weight is 276 g/mol. The lowest BCUT2D eigenvalue weighted by Crippen LogP contribution is -2.40. The second-order valence-electron chi connectivity index (χ2n) is 5.67. The predicted molar refractivity (Wildman–Crippen MR) is 71.5 cm³/mol. The van der Waals surface area contributed by atoms with E-state index in [1.807, 2.05) is 13.0 Å². The number of rotatable bonds is 1. The van der Waals surface area contributed by atoms with Gasteiger partial charge in [0.2, 0.25) is 0 Å². The predicted octanol–water partition coefficient (Wildman–Crippen LogP) is 2.34. The van der Waals surface area contributed by atoms with Gasteiger partial charge in [-0.2, -0.15) is 0 Å². The minimum absolute atomic E-state index is 0.104. The highest BCUT2D eigenvalue weighted by Crippen LogP contribution is 2.40. The van der Waals surface area contributed by atoms with Gasteiger partial charge in [-0.25, -0.2) is 9.18 Å². The number of urea groups is 1. The van der Waals surface area contributed by atoms with Crippen molar-refractivity contribution in [3.05, 3.63) is 35.1 Å². The van der Waals surface area contributed by atoms with Crippen molar-refractivity contribution in [1.29, 1.82) is 0 Å². The molecule has 0 saturated carbocycles. The maximum Gasteiger partial charge on any atom is 0.327 e. The number of amides is 3. The molecule has 106 valence electrons. The Morgan fingerprint density at radius 2 is 2.05 bits per heavy atom. The van der Waals surface area contributed by atoms with Gasteiger partial charge in [-0.1, -0.05) is 19.1 Å². The lowest BCUT2D eigenvalue weighted by Gasteiger charge is -2.36. The summed E-state index contributed by atoms with van der Waals surface area (Å²) >= 11 is 0. The molecule has 0 bridgehead atoms. The topological polar surface area (TPSA) is 40.6 Å². The van der Waals surface area contributed by atoms with Gasteiger partial charge in [0.1, 0.15) is 12.4 Å². The summed E-state index contributed by atoms with van der Waals surface area (Å²) in [4.78, 5) is 27.0. The van der Waals surface area contributed by atoms with E-state index in [-0.39, 0.29) is 36.3 Å². The molecule has 0 aromatic heterocycles. The highest BCUT2D eigenvalue weighted by atomic mass is 19.1. The Labute approximate surface area is 117 Å². The van der Waals surface area contributed by atoms with Crippen LogP contribution >= 0.6 is 0 Å². The summed E-state index contributed by atoms with van der Waals surface area (Å²) in [5, 5.41) is 0. The van der Waals surface area contributed by atoms with Crippen molar-refractivity contribution in [3.8, 4) is 0 Å². The van der Waals surface area contributed by atoms with Gasteiger partial charge in [-0.3, -0.25) is 9.69 Å². The van der Waals surface area contributed by atoms with Crippen molar-refractivity contribution >= 4 is 11.9 Å². The zero-order valence-corrected chi connectivity index (χ0v) is 11.6. The molecule has 2 aliphatic rings. The first-order valence-electron chi connectivity index (χ1n) is 6.85. The zero-order valence-electron chi connectivity index (χ0n) is 11.6. The van der Waals surface area contributed by atoms with E-state index in [1.54, 1.807) is 13.1 Å². The number of imide groups is 1. The summed E-state index contributed by atoms with van der Waals surface area (Å²) in [5.74, 6) is -0.304. The number of nitrogens with zero attached hydrogens (tertiary/aromatic N) is 2. The number of benzene rings is 1. The molecule has 1 aromatic rings. The first-order chi connectivity index (χ1) is 9.50. The largest absolute Gasteiger partial charge is 0.327 e. The number of halogens is 1. The molecule has 0 N–H and O–H groups in total. The molecule has 0 unspecified atom stereocenters. The molecule has 1 aromatic carbocycles. The number of carbonyl (C=O) groups excluding carboxylic acids is 2. The van der Waals surface area contributed by atoms with Crippen LogP contribution < -0.4 is 0 Å². The van der Waals surface area contributed by atoms with Crippen molar-refractivity contribution in [2.24, 2.45) is 5.92 Å². The van der Waals surface area contributed by atoms with E-state index in [1.165, 1.54) is 15.9 Å². The molecule has 4 nitrogen and oxygen atoms in total. The van der Waals surface area contributed by atoms with E-state index in [9.17, 15) is 14.0 Å². The van der Waals surface area contributed by atoms with Gasteiger partial charge in [0.25, 0.3) is 5.91 Å². The SMILES string of the molecule is C[C@H]1CCc2c(F)cccc2[C@@H]1N1C(=O)CN(C)C1=O. The van der Waals surface area contributed by atoms with Crippen molar-refractivity contribution < 1.29 is 14.0 Å². The van der Waals surface area contributed by atoms with Crippen LogP contribution in [0.5, 0.6) is 0 Å². The maximum atomic E-state index is 13.9. The minimum atomic E-state index is -0.348. The fourth-order valence-corrected chi connectivity index (χ4v) is 3.26. The Balaban J connectivity index is 2.08. The van der Waals surface area contributed by atoms with Crippen LogP contribution in [-0.2, 0) is 11.2 Å². The Kier molecular flexibility index (Phi) is 3.00. The van der Waals surface area contributed by atoms with Crippen molar-refractivity contribution in [3.63, 3.8) is 0 Å². The van der Waals surface area contributed by atoms with Crippen LogP contribution in [0.2, 0.25) is 0 Å². The number of fused-ring (bicyclic) bond motifs is 1. The van der Waals surface area contributed by atoms with Gasteiger partial charge in [0.15, 0.2) is 0 Å². The molecule has 1 heterocycles. The van der Waals surface area contributed by atoms with E-state index in [4.69, 9.17) is 0 Å². The molecular formula is C15H17FN2O2. The van der Waals surface area contributed by atoms with Crippen molar-refractivity contribution in [1.82, 2.24) is 9.80 Å². The van der Waals surface area contributed by atoms with Gasteiger partial charge >= 0.3 is 6.03 Å². The van der Waals surface area contributed by atoms with E-state index in [0.717, 1.165) is 12.0 Å². The molecule has 1 aliphatic carbocycles. The molecule has 0 spiro atoms. The number of hydrogen-bond donors (Lipinski definition) is 0. The standard InChI is InChI=1S/C15H17FN2O2/c1-9-6-7-10-11(4-3-5-12(10)16)14(9)18-13(19)8-17(2)15(18)20/h3-5,9,14H,6-8H2,1-2H3/t9-,14+/m0/s1. The van der Waals surface area contributed by atoms with Crippen LogP contribution in [0.1, 0.15) is 30.5 Å². The molecule has 20 heavy (non-hydrogen) atoms. The maximum absolute atomic E-state index is 13.9. The van der Waals surface area contributed by atoms with Crippen LogP contribution in [0.4, 0.5) is 9.18 Å². The quantitative estimate of drug-likeness (QED) is 0.739. The van der Waals surface area contributed by atoms with Crippen molar-refractivity contribution in [2.75, 3.05) is 13.6 Å². The summed E-state index contributed by atoms with van der Waals surface area (Å²) in [6.07, 6.45) is 1.44. The van der Waals surface area contributed by atoms with Crippen LogP contribution in [0.25, 0.3) is 0 Å². The number of carbonyl (C=O) groups is 2. The summed E-state index contributed by atoms with van der Waals surface area (Å²) in [6.45, 7) is 2.12. The Bertz CT molecular complexity index is 587. The normalized spacial score (nSPS) is 26.1. The Morgan fingerprint density at radius 3 is 2.70 bits per heavy atom. The van der Waals surface area contributed by atoms with Gasteiger partial charge in [-0.05, 0) is 36.0 Å². The summed E-state index contributed by atoms with van der Waals surface area (Å²) in [6, 6.07) is 4.28. The summed E-state index contributed by atoms with van der Waals surface area (Å²) in [7, 11) is 1.61. The Hall–Kier alpha value is -1.91. The second kappa shape index (κ2) is 4.58. The Morgan fingerprint density at radius 1 is 1.30 bits per heavy atom. The van der Waals surface area contributed by atoms with E-state index < -0.39 is 0 Å². The number of hydrogen-bond acceptors (Lipinski definition) is 2. The highest BCUT2D eigenvalue weighted by Gasteiger charge is 2.43. The summed E-state index contributed by atoms with van der Waals surface area (Å²) in [5.41, 5.74) is 1.42. The molecule has 1 aliphatic heterocycles. The van der Waals surface area contributed by atoms with Gasteiger partial charge in [0.05, 0.1) is 6.04 Å². The first-order valence-corrected chi connectivity index (χ1v) is 6.85. The van der Waals surface area contributed by atoms with Crippen LogP contribution in [0.3, 0.4) is 0 Å². The van der Waals surface area contributed by atoms with Gasteiger partial charge in [-0.15, -0.1) is 0 Å². The minimum Gasteiger partial charge on any atom is -0.318 e. The van der Waals surface area contributed by atoms with Crippen molar-refractivity contribution in [2.45, 2.75) is 25.8 Å². The molecule has 3 rings (SSSR count). The molecule has 1 fully saturated rings. The van der Waals surface area contributed by atoms with E-state index in [0.29, 0.717) is 12.0 Å². The van der Waals surface area contributed by atoms with E-state index >= 15 is 0 Å². The van der Waals surface area contributed by atoms with Gasteiger partial charge in [0, 0.05) is 7.05 Å². The summed E-state index contributed by atoms with van der Waals surface area (Å²) < 4.78 is 13.9. The second-order valence-corrected chi connectivity index (χ2v) is 5.67. The third-order valence-corrected chi connectivity index (χ3v) is 4.31. The average Bonchev–Trinajstić information content (AvgIpc) is 2.65. The smallest absolute Gasteiger partial charge is 0.318 e. The van der Waals surface area contributed by atoms with Gasteiger partial charge < -0.3 is 4.90 Å². The first kappa shape index (κ1) is 13.1. The van der Waals surface area contributed by atoms with Crippen LogP contribution in [0.15, 0.2) is 18.2 Å². The van der Waals surface area contributed by atoms with Crippen LogP contribution in [0, 0.1) is 11.7 Å². The zero-order chi connectivity index (χ0) is 14.4. The molecular weight excluding hydrogens is 259 g/mol. The van der Waals surface area contributed by atoms with Crippen LogP contribution in [-0.4, -0.2) is 35.3 Å².